The first-order valence-electron chi connectivity index (χ1n) is 11.5. The van der Waals surface area contributed by atoms with Crippen LogP contribution < -0.4 is 10.6 Å². The molecule has 7 heteroatoms. The summed E-state index contributed by atoms with van der Waals surface area (Å²) in [5.41, 5.74) is 3.60. The zero-order chi connectivity index (χ0) is 26.1. The van der Waals surface area contributed by atoms with Crippen LogP contribution in [0.1, 0.15) is 53.6 Å². The maximum Gasteiger partial charge on any atom is 0.271 e. The molecule has 1 aromatic heterocycles. The molecule has 1 heterocycles. The molecule has 0 saturated carbocycles. The SMILES string of the molecule is CN/C(=C\C=C\c1cccc(C(=O)c2ccccc2)c1)C(=O)N/C(C=O)=C\c1nc[nH]c1C(C)(C)C. The number of aldehydes is 1. The quantitative estimate of drug-likeness (QED) is 0.181. The lowest BCUT2D eigenvalue weighted by molar-refractivity contribution is -0.118. The molecule has 0 saturated heterocycles. The fourth-order valence-corrected chi connectivity index (χ4v) is 3.53. The highest BCUT2D eigenvalue weighted by Crippen LogP contribution is 2.24. The second-order valence-corrected chi connectivity index (χ2v) is 9.09. The highest BCUT2D eigenvalue weighted by atomic mass is 16.2. The number of ketones is 1. The van der Waals surface area contributed by atoms with Gasteiger partial charge in [0.25, 0.3) is 5.91 Å². The molecular formula is C29H30N4O3. The van der Waals surface area contributed by atoms with E-state index in [0.29, 0.717) is 23.1 Å². The van der Waals surface area contributed by atoms with Gasteiger partial charge in [0, 0.05) is 29.3 Å². The Kier molecular flexibility index (Phi) is 8.52. The Morgan fingerprint density at radius 2 is 1.72 bits per heavy atom. The maximum absolute atomic E-state index is 12.7. The largest absolute Gasteiger partial charge is 0.384 e. The van der Waals surface area contributed by atoms with Crippen LogP contribution in [0.25, 0.3) is 12.2 Å². The van der Waals surface area contributed by atoms with Crippen LogP contribution in [0.3, 0.4) is 0 Å². The number of H-pyrrole nitrogens is 1. The van der Waals surface area contributed by atoms with E-state index in [1.807, 2.05) is 51.1 Å². The lowest BCUT2D eigenvalue weighted by Crippen LogP contribution is -2.30. The summed E-state index contributed by atoms with van der Waals surface area (Å²) in [5.74, 6) is -0.530. The Balaban J connectivity index is 1.74. The summed E-state index contributed by atoms with van der Waals surface area (Å²) < 4.78 is 0. The monoisotopic (exact) mass is 482 g/mol. The molecule has 3 rings (SSSR count). The number of rotatable bonds is 9. The molecule has 184 valence electrons. The number of aromatic amines is 1. The number of carbonyl (C=O) groups excluding carboxylic acids is 3. The summed E-state index contributed by atoms with van der Waals surface area (Å²) in [6.07, 6.45) is 8.77. The molecule has 1 amide bonds. The molecule has 0 atom stereocenters. The van der Waals surface area contributed by atoms with Gasteiger partial charge in [0.05, 0.1) is 23.4 Å². The minimum atomic E-state index is -0.471. The van der Waals surface area contributed by atoms with Crippen LogP contribution in [0.4, 0.5) is 0 Å². The molecule has 0 bridgehead atoms. The Bertz CT molecular complexity index is 1330. The molecule has 0 aliphatic rings. The third-order valence-corrected chi connectivity index (χ3v) is 5.35. The van der Waals surface area contributed by atoms with Gasteiger partial charge < -0.3 is 15.6 Å². The third-order valence-electron chi connectivity index (χ3n) is 5.35. The van der Waals surface area contributed by atoms with E-state index in [4.69, 9.17) is 0 Å². The molecule has 3 aromatic rings. The summed E-state index contributed by atoms with van der Waals surface area (Å²) in [7, 11) is 1.62. The number of carbonyl (C=O) groups is 3. The van der Waals surface area contributed by atoms with Crippen molar-refractivity contribution in [2.75, 3.05) is 7.05 Å². The number of likely N-dealkylation sites (N-methyl/N-ethyl adjacent to an activating group) is 1. The van der Waals surface area contributed by atoms with E-state index >= 15 is 0 Å². The number of nitrogens with zero attached hydrogens (tertiary/aromatic N) is 1. The topological polar surface area (TPSA) is 104 Å². The molecular weight excluding hydrogens is 452 g/mol. The molecule has 2 aromatic carbocycles. The predicted octanol–water partition coefficient (Wildman–Crippen LogP) is 4.41. The van der Waals surface area contributed by atoms with Gasteiger partial charge in [0.2, 0.25) is 0 Å². The standard InChI is InChI=1S/C29H30N4O3/c1-29(2,3)27-25(31-19-32-27)17-23(18-34)33-28(36)24(30-4)15-9-11-20-10-8-14-22(16-20)26(35)21-12-6-5-7-13-21/h5-19,30H,1-4H3,(H,31,32)(H,33,36)/b11-9+,23-17-,24-15-. The van der Waals surface area contributed by atoms with Gasteiger partial charge in [0.15, 0.2) is 12.1 Å². The van der Waals surface area contributed by atoms with Crippen LogP contribution in [-0.4, -0.2) is 35.0 Å². The van der Waals surface area contributed by atoms with E-state index < -0.39 is 5.91 Å². The van der Waals surface area contributed by atoms with E-state index in [-0.39, 0.29) is 22.6 Å². The van der Waals surface area contributed by atoms with E-state index in [9.17, 15) is 14.4 Å². The number of aromatic nitrogens is 2. The van der Waals surface area contributed by atoms with Crippen LogP contribution in [0.15, 0.2) is 84.5 Å². The van der Waals surface area contributed by atoms with Crippen molar-refractivity contribution in [3.05, 3.63) is 113 Å². The minimum absolute atomic E-state index is 0.0589. The first-order valence-corrected chi connectivity index (χ1v) is 11.5. The Labute approximate surface area is 211 Å². The minimum Gasteiger partial charge on any atom is -0.384 e. The van der Waals surface area contributed by atoms with Crippen LogP contribution in [0.2, 0.25) is 0 Å². The Morgan fingerprint density at radius 1 is 1.00 bits per heavy atom. The highest BCUT2D eigenvalue weighted by molar-refractivity contribution is 6.09. The molecule has 0 aliphatic heterocycles. The van der Waals surface area contributed by atoms with Crippen molar-refractivity contribution in [1.29, 1.82) is 0 Å². The van der Waals surface area contributed by atoms with E-state index in [1.165, 1.54) is 0 Å². The van der Waals surface area contributed by atoms with Crippen molar-refractivity contribution in [1.82, 2.24) is 20.6 Å². The molecule has 0 fully saturated rings. The Morgan fingerprint density at radius 3 is 2.39 bits per heavy atom. The lowest BCUT2D eigenvalue weighted by Gasteiger charge is -2.17. The van der Waals surface area contributed by atoms with Gasteiger partial charge in [-0.1, -0.05) is 81.5 Å². The van der Waals surface area contributed by atoms with E-state index in [0.717, 1.165) is 11.3 Å². The average molecular weight is 483 g/mol. The summed E-state index contributed by atoms with van der Waals surface area (Å²) in [6.45, 7) is 6.08. The number of imidazole rings is 1. The number of hydrogen-bond acceptors (Lipinski definition) is 5. The van der Waals surface area contributed by atoms with Crippen LogP contribution in [0.5, 0.6) is 0 Å². The fraction of sp³-hybridized carbons (Fsp3) is 0.172. The van der Waals surface area contributed by atoms with Crippen molar-refractivity contribution in [2.24, 2.45) is 0 Å². The number of hydrogen-bond donors (Lipinski definition) is 3. The van der Waals surface area contributed by atoms with Crippen LogP contribution in [-0.2, 0) is 15.0 Å². The highest BCUT2D eigenvalue weighted by Gasteiger charge is 2.20. The van der Waals surface area contributed by atoms with Gasteiger partial charge in [-0.2, -0.15) is 0 Å². The van der Waals surface area contributed by atoms with Gasteiger partial charge in [-0.15, -0.1) is 0 Å². The Hall–Kier alpha value is -4.52. The molecule has 0 aliphatic carbocycles. The first kappa shape index (κ1) is 26.1. The fourth-order valence-electron chi connectivity index (χ4n) is 3.53. The van der Waals surface area contributed by atoms with Crippen molar-refractivity contribution in [3.8, 4) is 0 Å². The number of amides is 1. The molecule has 3 N–H and O–H groups in total. The molecule has 36 heavy (non-hydrogen) atoms. The van der Waals surface area contributed by atoms with Crippen LogP contribution in [0, 0.1) is 0 Å². The van der Waals surface area contributed by atoms with E-state index in [2.05, 4.69) is 20.6 Å². The number of nitrogens with one attached hydrogen (secondary N) is 3. The van der Waals surface area contributed by atoms with Crippen molar-refractivity contribution in [2.45, 2.75) is 26.2 Å². The lowest BCUT2D eigenvalue weighted by atomic mass is 9.90. The molecule has 0 spiro atoms. The average Bonchev–Trinajstić information content (AvgIpc) is 3.35. The summed E-state index contributed by atoms with van der Waals surface area (Å²) >= 11 is 0. The van der Waals surface area contributed by atoms with Crippen molar-refractivity contribution < 1.29 is 14.4 Å². The van der Waals surface area contributed by atoms with Crippen LogP contribution >= 0.6 is 0 Å². The number of allylic oxidation sites excluding steroid dienone is 3. The second kappa shape index (κ2) is 11.8. The first-order chi connectivity index (χ1) is 17.2. The molecule has 0 radical (unpaired) electrons. The summed E-state index contributed by atoms with van der Waals surface area (Å²) in [6, 6.07) is 16.3. The normalized spacial score (nSPS) is 12.4. The third kappa shape index (κ3) is 6.76. The molecule has 7 nitrogen and oxygen atoms in total. The van der Waals surface area contributed by atoms with E-state index in [1.54, 1.807) is 61.9 Å². The predicted molar refractivity (Wildman–Crippen MR) is 142 cm³/mol. The summed E-state index contributed by atoms with van der Waals surface area (Å²) in [4.78, 5) is 44.4. The zero-order valence-corrected chi connectivity index (χ0v) is 20.8. The zero-order valence-electron chi connectivity index (χ0n) is 20.8. The van der Waals surface area contributed by atoms with Gasteiger partial charge in [-0.05, 0) is 23.8 Å². The van der Waals surface area contributed by atoms with Gasteiger partial charge >= 0.3 is 0 Å². The summed E-state index contributed by atoms with van der Waals surface area (Å²) in [5, 5.41) is 5.46. The van der Waals surface area contributed by atoms with Gasteiger partial charge in [-0.25, -0.2) is 4.98 Å². The molecule has 0 unspecified atom stereocenters. The maximum atomic E-state index is 12.7. The number of benzene rings is 2. The van der Waals surface area contributed by atoms with Crippen molar-refractivity contribution >= 4 is 30.1 Å². The second-order valence-electron chi connectivity index (χ2n) is 9.09. The van der Waals surface area contributed by atoms with Gasteiger partial charge in [-0.3, -0.25) is 14.4 Å². The smallest absolute Gasteiger partial charge is 0.271 e. The van der Waals surface area contributed by atoms with Crippen molar-refractivity contribution in [3.63, 3.8) is 0 Å². The van der Waals surface area contributed by atoms with Gasteiger partial charge in [0.1, 0.15) is 0 Å².